The first kappa shape index (κ1) is 14.0. The summed E-state index contributed by atoms with van der Waals surface area (Å²) in [6.45, 7) is 1.58. The summed E-state index contributed by atoms with van der Waals surface area (Å²) in [7, 11) is 0. The third kappa shape index (κ3) is 3.20. The molecule has 0 saturated heterocycles. The molecular weight excluding hydrogens is 254 g/mol. The van der Waals surface area contributed by atoms with Crippen LogP contribution in [0.3, 0.4) is 0 Å². The van der Waals surface area contributed by atoms with E-state index in [9.17, 15) is 5.11 Å². The first-order valence-electron chi connectivity index (χ1n) is 8.04. The molecule has 3 rings (SSSR count). The maximum atomic E-state index is 9.28. The van der Waals surface area contributed by atoms with E-state index in [1.54, 1.807) is 0 Å². The van der Waals surface area contributed by atoms with Crippen LogP contribution in [0.15, 0.2) is 4.42 Å². The van der Waals surface area contributed by atoms with Crippen LogP contribution in [0.1, 0.15) is 69.1 Å². The molecular formula is C15H25N3O2. The van der Waals surface area contributed by atoms with E-state index in [0.29, 0.717) is 30.9 Å². The van der Waals surface area contributed by atoms with Crippen molar-refractivity contribution in [1.29, 1.82) is 0 Å². The summed E-state index contributed by atoms with van der Waals surface area (Å²) in [4.78, 5) is 2.32. The maximum absolute atomic E-state index is 9.28. The second kappa shape index (κ2) is 6.68. The Morgan fingerprint density at radius 2 is 1.85 bits per heavy atom. The molecule has 1 N–H and O–H groups in total. The first-order chi connectivity index (χ1) is 9.86. The lowest BCUT2D eigenvalue weighted by atomic mass is 9.85. The van der Waals surface area contributed by atoms with Crippen molar-refractivity contribution in [2.75, 3.05) is 13.2 Å². The molecule has 0 spiro atoms. The zero-order valence-corrected chi connectivity index (χ0v) is 12.1. The summed E-state index contributed by atoms with van der Waals surface area (Å²) >= 11 is 0. The average molecular weight is 279 g/mol. The highest BCUT2D eigenvalue weighted by Gasteiger charge is 2.27. The van der Waals surface area contributed by atoms with Gasteiger partial charge >= 0.3 is 0 Å². The first-order valence-corrected chi connectivity index (χ1v) is 8.04. The fourth-order valence-electron chi connectivity index (χ4n) is 3.29. The lowest BCUT2D eigenvalue weighted by Crippen LogP contribution is -2.38. The molecule has 0 bridgehead atoms. The van der Waals surface area contributed by atoms with Crippen molar-refractivity contribution in [2.24, 2.45) is 0 Å². The Hall–Kier alpha value is -0.940. The molecule has 112 valence electrons. The quantitative estimate of drug-likeness (QED) is 0.866. The van der Waals surface area contributed by atoms with Crippen LogP contribution in [0.5, 0.6) is 0 Å². The fourth-order valence-corrected chi connectivity index (χ4v) is 3.29. The lowest BCUT2D eigenvalue weighted by Gasteiger charge is -2.32. The number of aromatic nitrogens is 2. The number of rotatable bonds is 6. The topological polar surface area (TPSA) is 62.4 Å². The van der Waals surface area contributed by atoms with Crippen molar-refractivity contribution in [3.05, 3.63) is 11.8 Å². The van der Waals surface area contributed by atoms with Crippen molar-refractivity contribution in [3.8, 4) is 0 Å². The molecule has 0 atom stereocenters. The molecule has 5 nitrogen and oxygen atoms in total. The van der Waals surface area contributed by atoms with Gasteiger partial charge < -0.3 is 9.52 Å². The highest BCUT2D eigenvalue weighted by atomic mass is 16.4. The molecule has 0 amide bonds. The van der Waals surface area contributed by atoms with Crippen LogP contribution in [0, 0.1) is 0 Å². The van der Waals surface area contributed by atoms with Gasteiger partial charge in [0, 0.05) is 18.5 Å². The zero-order valence-electron chi connectivity index (χ0n) is 12.1. The van der Waals surface area contributed by atoms with Gasteiger partial charge in [0.05, 0.1) is 13.2 Å². The molecule has 1 aromatic heterocycles. The SMILES string of the molecule is OCCN(Cc1nnc(C2CCC2)o1)C1CCCCC1. The Kier molecular flexibility index (Phi) is 4.68. The molecule has 0 aliphatic heterocycles. The van der Waals surface area contributed by atoms with Crippen LogP contribution in [-0.4, -0.2) is 39.4 Å². The largest absolute Gasteiger partial charge is 0.424 e. The van der Waals surface area contributed by atoms with E-state index in [1.165, 1.54) is 51.4 Å². The normalized spacial score (nSPS) is 21.3. The Balaban J connectivity index is 1.61. The minimum Gasteiger partial charge on any atom is -0.424 e. The number of aliphatic hydroxyl groups is 1. The van der Waals surface area contributed by atoms with Gasteiger partial charge in [-0.1, -0.05) is 25.7 Å². The monoisotopic (exact) mass is 279 g/mol. The standard InChI is InChI=1S/C15H25N3O2/c19-10-9-18(13-7-2-1-3-8-13)11-14-16-17-15(20-14)12-5-4-6-12/h12-13,19H,1-11H2. The van der Waals surface area contributed by atoms with Crippen LogP contribution in [0.2, 0.25) is 0 Å². The molecule has 5 heteroatoms. The highest BCUT2D eigenvalue weighted by molar-refractivity contribution is 4.96. The van der Waals surface area contributed by atoms with E-state index < -0.39 is 0 Å². The van der Waals surface area contributed by atoms with Gasteiger partial charge in [0.1, 0.15) is 0 Å². The van der Waals surface area contributed by atoms with Gasteiger partial charge in [0.2, 0.25) is 11.8 Å². The Morgan fingerprint density at radius 1 is 1.05 bits per heavy atom. The van der Waals surface area contributed by atoms with Crippen LogP contribution in [0.4, 0.5) is 0 Å². The Labute approximate surface area is 120 Å². The molecule has 2 fully saturated rings. The van der Waals surface area contributed by atoms with E-state index in [1.807, 2.05) is 0 Å². The molecule has 2 saturated carbocycles. The predicted molar refractivity (Wildman–Crippen MR) is 75.3 cm³/mol. The van der Waals surface area contributed by atoms with Gasteiger partial charge in [-0.05, 0) is 25.7 Å². The average Bonchev–Trinajstić information content (AvgIpc) is 2.85. The van der Waals surface area contributed by atoms with Crippen LogP contribution in [-0.2, 0) is 6.54 Å². The summed E-state index contributed by atoms with van der Waals surface area (Å²) in [6, 6.07) is 0.565. The third-order valence-corrected chi connectivity index (χ3v) is 4.75. The van der Waals surface area contributed by atoms with Gasteiger partial charge in [0.15, 0.2) is 0 Å². The Bertz CT molecular complexity index is 411. The van der Waals surface area contributed by atoms with Gasteiger partial charge in [-0.25, -0.2) is 0 Å². The molecule has 2 aliphatic rings. The smallest absolute Gasteiger partial charge is 0.230 e. The molecule has 20 heavy (non-hydrogen) atoms. The van der Waals surface area contributed by atoms with Gasteiger partial charge in [-0.2, -0.15) is 0 Å². The minimum absolute atomic E-state index is 0.195. The predicted octanol–water partition coefficient (Wildman–Crippen LogP) is 2.46. The minimum atomic E-state index is 0.195. The molecule has 0 unspecified atom stereocenters. The van der Waals surface area contributed by atoms with Crippen LogP contribution < -0.4 is 0 Å². The number of hydrogen-bond acceptors (Lipinski definition) is 5. The summed E-state index contributed by atoms with van der Waals surface area (Å²) < 4.78 is 5.81. The van der Waals surface area contributed by atoms with E-state index >= 15 is 0 Å². The molecule has 1 aromatic rings. The zero-order chi connectivity index (χ0) is 13.8. The highest BCUT2D eigenvalue weighted by Crippen LogP contribution is 2.35. The summed E-state index contributed by atoms with van der Waals surface area (Å²) in [5, 5.41) is 17.7. The van der Waals surface area contributed by atoms with Crippen LogP contribution in [0.25, 0.3) is 0 Å². The van der Waals surface area contributed by atoms with Crippen molar-refractivity contribution >= 4 is 0 Å². The summed E-state index contributed by atoms with van der Waals surface area (Å²) in [6.07, 6.45) is 10.0. The number of aliphatic hydroxyl groups excluding tert-OH is 1. The third-order valence-electron chi connectivity index (χ3n) is 4.75. The molecule has 0 aromatic carbocycles. The summed E-state index contributed by atoms with van der Waals surface area (Å²) in [5.74, 6) is 2.03. The molecule has 1 heterocycles. The fraction of sp³-hybridized carbons (Fsp3) is 0.867. The van der Waals surface area contributed by atoms with E-state index in [4.69, 9.17) is 4.42 Å². The van der Waals surface area contributed by atoms with E-state index in [0.717, 1.165) is 5.89 Å². The number of hydrogen-bond donors (Lipinski definition) is 1. The molecule has 2 aliphatic carbocycles. The maximum Gasteiger partial charge on any atom is 0.230 e. The van der Waals surface area contributed by atoms with Crippen molar-refractivity contribution in [2.45, 2.75) is 69.9 Å². The van der Waals surface area contributed by atoms with Crippen LogP contribution >= 0.6 is 0 Å². The van der Waals surface area contributed by atoms with Gasteiger partial charge in [0.25, 0.3) is 0 Å². The van der Waals surface area contributed by atoms with E-state index in [2.05, 4.69) is 15.1 Å². The second-order valence-electron chi connectivity index (χ2n) is 6.15. The second-order valence-corrected chi connectivity index (χ2v) is 6.15. The van der Waals surface area contributed by atoms with Gasteiger partial charge in [-0.3, -0.25) is 4.90 Å². The lowest BCUT2D eigenvalue weighted by molar-refractivity contribution is 0.107. The van der Waals surface area contributed by atoms with Gasteiger partial charge in [-0.15, -0.1) is 10.2 Å². The van der Waals surface area contributed by atoms with Crippen molar-refractivity contribution < 1.29 is 9.52 Å². The molecule has 0 radical (unpaired) electrons. The number of nitrogens with zero attached hydrogens (tertiary/aromatic N) is 3. The Morgan fingerprint density at radius 3 is 2.50 bits per heavy atom. The summed E-state index contributed by atoms with van der Waals surface area (Å²) in [5.41, 5.74) is 0. The van der Waals surface area contributed by atoms with Crippen molar-refractivity contribution in [3.63, 3.8) is 0 Å². The van der Waals surface area contributed by atoms with E-state index in [-0.39, 0.29) is 6.61 Å². The van der Waals surface area contributed by atoms with Crippen molar-refractivity contribution in [1.82, 2.24) is 15.1 Å².